The van der Waals surface area contributed by atoms with Gasteiger partial charge in [0.1, 0.15) is 11.0 Å². The molecule has 2 heterocycles. The molecule has 1 atom stereocenters. The molecule has 2 amide bonds. The Balaban J connectivity index is 1.41. The lowest BCUT2D eigenvalue weighted by atomic mass is 10.2. The average Bonchev–Trinajstić information content (AvgIpc) is 3.43. The number of nitrogens with one attached hydrogen (secondary N) is 1. The zero-order valence-corrected chi connectivity index (χ0v) is 16.5. The van der Waals surface area contributed by atoms with Crippen LogP contribution >= 0.6 is 11.3 Å². The standard InChI is InChI=1S/C22H20N4O2S/c27-19(14-13-16-8-3-1-4-9-16)26-15-7-12-18(26)20(28)23-22-25-24-21(29-22)17-10-5-2-6-11-17/h1-6,8-11,13-14,18H,7,12,15H2,(H,23,25,28)/b14-13+. The van der Waals surface area contributed by atoms with Gasteiger partial charge in [-0.2, -0.15) is 0 Å². The number of carbonyl (C=O) groups is 2. The molecule has 1 aromatic heterocycles. The van der Waals surface area contributed by atoms with Gasteiger partial charge in [0, 0.05) is 18.2 Å². The van der Waals surface area contributed by atoms with Gasteiger partial charge in [0.2, 0.25) is 16.9 Å². The summed E-state index contributed by atoms with van der Waals surface area (Å²) in [7, 11) is 0. The van der Waals surface area contributed by atoms with Crippen molar-refractivity contribution in [1.29, 1.82) is 0 Å². The Kier molecular flexibility index (Phi) is 5.76. The van der Waals surface area contributed by atoms with E-state index in [2.05, 4.69) is 15.5 Å². The fourth-order valence-corrected chi connectivity index (χ4v) is 4.04. The van der Waals surface area contributed by atoms with E-state index >= 15 is 0 Å². The molecule has 1 unspecified atom stereocenters. The van der Waals surface area contributed by atoms with Crippen LogP contribution in [0.2, 0.25) is 0 Å². The van der Waals surface area contributed by atoms with Crippen molar-refractivity contribution in [2.75, 3.05) is 11.9 Å². The SMILES string of the molecule is O=C(Nc1nnc(-c2ccccc2)s1)C1CCCN1C(=O)/C=C/c1ccccc1. The molecule has 6 nitrogen and oxygen atoms in total. The lowest BCUT2D eigenvalue weighted by Crippen LogP contribution is -2.42. The third-order valence-electron chi connectivity index (χ3n) is 4.73. The average molecular weight is 404 g/mol. The van der Waals surface area contributed by atoms with Gasteiger partial charge >= 0.3 is 0 Å². The summed E-state index contributed by atoms with van der Waals surface area (Å²) in [6.45, 7) is 0.571. The van der Waals surface area contributed by atoms with Gasteiger partial charge in [-0.15, -0.1) is 10.2 Å². The maximum atomic E-state index is 12.8. The second-order valence-electron chi connectivity index (χ2n) is 6.70. The number of anilines is 1. The second kappa shape index (κ2) is 8.79. The Morgan fingerprint density at radius 1 is 1.03 bits per heavy atom. The Labute approximate surface area is 172 Å². The van der Waals surface area contributed by atoms with E-state index in [0.29, 0.717) is 18.1 Å². The molecule has 1 aliphatic heterocycles. The van der Waals surface area contributed by atoms with Crippen molar-refractivity contribution in [2.24, 2.45) is 0 Å². The van der Waals surface area contributed by atoms with Gasteiger partial charge in [0.05, 0.1) is 0 Å². The highest BCUT2D eigenvalue weighted by atomic mass is 32.1. The van der Waals surface area contributed by atoms with Gasteiger partial charge in [-0.3, -0.25) is 14.9 Å². The van der Waals surface area contributed by atoms with Crippen LogP contribution < -0.4 is 5.32 Å². The third kappa shape index (κ3) is 4.57. The maximum Gasteiger partial charge on any atom is 0.249 e. The molecule has 2 aromatic carbocycles. The van der Waals surface area contributed by atoms with E-state index in [4.69, 9.17) is 0 Å². The molecular formula is C22H20N4O2S. The molecule has 1 saturated heterocycles. The molecule has 0 spiro atoms. The van der Waals surface area contributed by atoms with Crippen LogP contribution in [0.15, 0.2) is 66.7 Å². The Morgan fingerprint density at radius 2 is 1.76 bits per heavy atom. The van der Waals surface area contributed by atoms with E-state index in [1.165, 1.54) is 17.4 Å². The third-order valence-corrected chi connectivity index (χ3v) is 5.62. The van der Waals surface area contributed by atoms with E-state index < -0.39 is 6.04 Å². The normalized spacial score (nSPS) is 16.3. The van der Waals surface area contributed by atoms with Gasteiger partial charge in [-0.1, -0.05) is 72.0 Å². The summed E-state index contributed by atoms with van der Waals surface area (Å²) in [6.07, 6.45) is 4.74. The number of hydrogen-bond acceptors (Lipinski definition) is 5. The molecular weight excluding hydrogens is 384 g/mol. The van der Waals surface area contributed by atoms with Gasteiger partial charge in [-0.25, -0.2) is 0 Å². The molecule has 146 valence electrons. The number of amides is 2. The number of likely N-dealkylation sites (tertiary alicyclic amines) is 1. The Morgan fingerprint density at radius 3 is 2.52 bits per heavy atom. The number of nitrogens with zero attached hydrogens (tertiary/aromatic N) is 3. The highest BCUT2D eigenvalue weighted by Gasteiger charge is 2.33. The van der Waals surface area contributed by atoms with Crippen molar-refractivity contribution in [2.45, 2.75) is 18.9 Å². The molecule has 1 N–H and O–H groups in total. The summed E-state index contributed by atoms with van der Waals surface area (Å²) in [6, 6.07) is 18.8. The summed E-state index contributed by atoms with van der Waals surface area (Å²) in [4.78, 5) is 27.0. The van der Waals surface area contributed by atoms with Crippen molar-refractivity contribution < 1.29 is 9.59 Å². The molecule has 0 aliphatic carbocycles. The minimum absolute atomic E-state index is 0.159. The molecule has 0 radical (unpaired) electrons. The maximum absolute atomic E-state index is 12.8. The first kappa shape index (κ1) is 19.0. The van der Waals surface area contributed by atoms with Crippen LogP contribution in [0, 0.1) is 0 Å². The van der Waals surface area contributed by atoms with Crippen LogP contribution in [0.1, 0.15) is 18.4 Å². The predicted molar refractivity (Wildman–Crippen MR) is 114 cm³/mol. The predicted octanol–water partition coefficient (Wildman–Crippen LogP) is 3.85. The Bertz CT molecular complexity index is 1020. The Hall–Kier alpha value is -3.32. The summed E-state index contributed by atoms with van der Waals surface area (Å²) in [5, 5.41) is 12.2. The van der Waals surface area contributed by atoms with Crippen LogP contribution in [0.4, 0.5) is 5.13 Å². The first-order valence-corrected chi connectivity index (χ1v) is 10.3. The van der Waals surface area contributed by atoms with Crippen molar-refractivity contribution in [1.82, 2.24) is 15.1 Å². The van der Waals surface area contributed by atoms with Crippen LogP contribution in [-0.2, 0) is 9.59 Å². The van der Waals surface area contributed by atoms with Gasteiger partial charge in [-0.05, 0) is 24.5 Å². The first-order valence-electron chi connectivity index (χ1n) is 9.44. The highest BCUT2D eigenvalue weighted by Crippen LogP contribution is 2.27. The van der Waals surface area contributed by atoms with Crippen molar-refractivity contribution in [3.05, 3.63) is 72.3 Å². The summed E-state index contributed by atoms with van der Waals surface area (Å²) in [5.41, 5.74) is 1.90. The van der Waals surface area contributed by atoms with Gasteiger partial charge in [0.25, 0.3) is 0 Å². The molecule has 29 heavy (non-hydrogen) atoms. The zero-order valence-electron chi connectivity index (χ0n) is 15.7. The van der Waals surface area contributed by atoms with Crippen LogP contribution in [-0.4, -0.2) is 39.5 Å². The summed E-state index contributed by atoms with van der Waals surface area (Å²) >= 11 is 1.32. The number of aromatic nitrogens is 2. The van der Waals surface area contributed by atoms with E-state index in [0.717, 1.165) is 22.6 Å². The van der Waals surface area contributed by atoms with Crippen LogP contribution in [0.3, 0.4) is 0 Å². The van der Waals surface area contributed by atoms with Crippen molar-refractivity contribution in [3.63, 3.8) is 0 Å². The van der Waals surface area contributed by atoms with Crippen LogP contribution in [0.25, 0.3) is 16.6 Å². The second-order valence-corrected chi connectivity index (χ2v) is 7.68. The fourth-order valence-electron chi connectivity index (χ4n) is 3.29. The quantitative estimate of drug-likeness (QED) is 0.656. The van der Waals surface area contributed by atoms with E-state index in [1.807, 2.05) is 60.7 Å². The minimum atomic E-state index is -0.494. The van der Waals surface area contributed by atoms with E-state index in [-0.39, 0.29) is 11.8 Å². The molecule has 4 rings (SSSR count). The largest absolute Gasteiger partial charge is 0.327 e. The molecule has 1 fully saturated rings. The number of rotatable bonds is 5. The van der Waals surface area contributed by atoms with Crippen molar-refractivity contribution >= 4 is 34.4 Å². The summed E-state index contributed by atoms with van der Waals surface area (Å²) < 4.78 is 0. The minimum Gasteiger partial charge on any atom is -0.327 e. The fraction of sp³-hybridized carbons (Fsp3) is 0.182. The smallest absolute Gasteiger partial charge is 0.249 e. The number of carbonyl (C=O) groups excluding carboxylic acids is 2. The summed E-state index contributed by atoms with van der Waals surface area (Å²) in [5.74, 6) is -0.381. The molecule has 0 saturated carbocycles. The highest BCUT2D eigenvalue weighted by molar-refractivity contribution is 7.18. The number of benzene rings is 2. The van der Waals surface area contributed by atoms with Gasteiger partial charge < -0.3 is 4.90 Å². The monoisotopic (exact) mass is 404 g/mol. The number of hydrogen-bond donors (Lipinski definition) is 1. The van der Waals surface area contributed by atoms with Gasteiger partial charge in [0.15, 0.2) is 0 Å². The lowest BCUT2D eigenvalue weighted by molar-refractivity contribution is -0.132. The zero-order chi connectivity index (χ0) is 20.1. The molecule has 7 heteroatoms. The van der Waals surface area contributed by atoms with E-state index in [9.17, 15) is 9.59 Å². The topological polar surface area (TPSA) is 75.2 Å². The molecule has 3 aromatic rings. The lowest BCUT2D eigenvalue weighted by Gasteiger charge is -2.22. The van der Waals surface area contributed by atoms with Crippen LogP contribution in [0.5, 0.6) is 0 Å². The molecule has 0 bridgehead atoms. The first-order chi connectivity index (χ1) is 14.2. The van der Waals surface area contributed by atoms with E-state index in [1.54, 1.807) is 11.0 Å². The van der Waals surface area contributed by atoms with Crippen molar-refractivity contribution in [3.8, 4) is 10.6 Å². The molecule has 1 aliphatic rings.